The highest BCUT2D eigenvalue weighted by Crippen LogP contribution is 2.42. The number of carbonyl (C=O) groups is 2. The summed E-state index contributed by atoms with van der Waals surface area (Å²) in [7, 11) is 1.43. The first kappa shape index (κ1) is 29.3. The molecule has 0 spiro atoms. The number of alkyl halides is 3. The number of H-pyrrole nitrogens is 1. The fraction of sp³-hybridized carbons (Fsp3) is 0.250. The van der Waals surface area contributed by atoms with E-state index in [1.54, 1.807) is 25.1 Å². The summed E-state index contributed by atoms with van der Waals surface area (Å²) in [5, 5.41) is 13.7. The van der Waals surface area contributed by atoms with Crippen molar-refractivity contribution in [2.24, 2.45) is 5.73 Å². The SMILES string of the molecule is CCOc1c(CC(N)=O)cc([C@@](O)(CNC(=O)c2cc3c(OC)cccc3[nH]2)C(F)(F)F)nc1-c1ccc(F)cc1. The summed E-state index contributed by atoms with van der Waals surface area (Å²) in [5.41, 5.74) is 1.03. The first-order valence-electron chi connectivity index (χ1n) is 12.3. The number of nitrogens with two attached hydrogens (primary N) is 1. The van der Waals surface area contributed by atoms with Gasteiger partial charge in [0.25, 0.3) is 5.91 Å². The van der Waals surface area contributed by atoms with Crippen molar-refractivity contribution in [1.82, 2.24) is 15.3 Å². The lowest BCUT2D eigenvalue weighted by molar-refractivity contribution is -0.265. The van der Waals surface area contributed by atoms with Crippen LogP contribution in [0.15, 0.2) is 54.6 Å². The summed E-state index contributed by atoms with van der Waals surface area (Å²) < 4.78 is 67.9. The lowest BCUT2D eigenvalue weighted by Crippen LogP contribution is -2.51. The average Bonchev–Trinajstić information content (AvgIpc) is 3.37. The van der Waals surface area contributed by atoms with Gasteiger partial charge in [-0.3, -0.25) is 9.59 Å². The number of hydrogen-bond acceptors (Lipinski definition) is 6. The van der Waals surface area contributed by atoms with Crippen LogP contribution in [0, 0.1) is 5.82 Å². The highest BCUT2D eigenvalue weighted by Gasteiger charge is 2.56. The number of rotatable bonds is 10. The first-order chi connectivity index (χ1) is 19.4. The molecular weight excluding hydrogens is 548 g/mol. The normalized spacial score (nSPS) is 13.0. The van der Waals surface area contributed by atoms with Crippen molar-refractivity contribution in [3.05, 3.63) is 77.4 Å². The van der Waals surface area contributed by atoms with E-state index in [1.807, 2.05) is 0 Å². The molecule has 0 aliphatic carbocycles. The predicted octanol–water partition coefficient (Wildman–Crippen LogP) is 3.98. The van der Waals surface area contributed by atoms with Crippen molar-refractivity contribution in [3.63, 3.8) is 0 Å². The lowest BCUT2D eigenvalue weighted by Gasteiger charge is -2.31. The zero-order valence-electron chi connectivity index (χ0n) is 21.9. The van der Waals surface area contributed by atoms with E-state index < -0.39 is 48.1 Å². The van der Waals surface area contributed by atoms with Crippen molar-refractivity contribution in [1.29, 1.82) is 0 Å². The molecule has 2 aromatic carbocycles. The topological polar surface area (TPSA) is 140 Å². The van der Waals surface area contributed by atoms with E-state index in [0.717, 1.165) is 18.2 Å². The number of amides is 2. The quantitative estimate of drug-likeness (QED) is 0.211. The van der Waals surface area contributed by atoms with Crippen LogP contribution in [0.4, 0.5) is 17.6 Å². The summed E-state index contributed by atoms with van der Waals surface area (Å²) in [6.07, 6.45) is -5.88. The molecule has 0 aliphatic heterocycles. The smallest absolute Gasteiger partial charge is 0.424 e. The number of nitrogens with one attached hydrogen (secondary N) is 2. The average molecular weight is 575 g/mol. The number of aromatic amines is 1. The monoisotopic (exact) mass is 574 g/mol. The molecule has 2 heterocycles. The molecule has 0 fully saturated rings. The highest BCUT2D eigenvalue weighted by atomic mass is 19.4. The van der Waals surface area contributed by atoms with Crippen LogP contribution in [0.25, 0.3) is 22.2 Å². The summed E-state index contributed by atoms with van der Waals surface area (Å²) in [6, 6.07) is 11.9. The number of aliphatic hydroxyl groups is 1. The third-order valence-electron chi connectivity index (χ3n) is 6.31. The largest absolute Gasteiger partial charge is 0.496 e. The third kappa shape index (κ3) is 5.94. The number of primary amides is 1. The van der Waals surface area contributed by atoms with Crippen LogP contribution in [0.1, 0.15) is 28.7 Å². The number of aromatic nitrogens is 2. The van der Waals surface area contributed by atoms with Crippen LogP contribution in [0.3, 0.4) is 0 Å². The number of fused-ring (bicyclic) bond motifs is 1. The Labute approximate surface area is 231 Å². The van der Waals surface area contributed by atoms with Gasteiger partial charge in [-0.05, 0) is 55.5 Å². The number of methoxy groups -OCH3 is 1. The molecule has 0 bridgehead atoms. The number of hydrogen-bond donors (Lipinski definition) is 4. The van der Waals surface area contributed by atoms with E-state index in [0.29, 0.717) is 16.7 Å². The Bertz CT molecular complexity index is 1590. The van der Waals surface area contributed by atoms with Crippen LogP contribution in [0.5, 0.6) is 11.5 Å². The number of carbonyl (C=O) groups excluding carboxylic acids is 2. The van der Waals surface area contributed by atoms with Gasteiger partial charge in [0.1, 0.15) is 28.7 Å². The van der Waals surface area contributed by atoms with E-state index >= 15 is 0 Å². The molecule has 2 amide bonds. The maximum Gasteiger partial charge on any atom is 0.424 e. The number of nitrogens with zero attached hydrogens (tertiary/aromatic N) is 1. The molecule has 0 radical (unpaired) electrons. The van der Waals surface area contributed by atoms with Gasteiger partial charge in [-0.15, -0.1) is 0 Å². The van der Waals surface area contributed by atoms with Crippen molar-refractivity contribution < 1.29 is 41.7 Å². The summed E-state index contributed by atoms with van der Waals surface area (Å²) in [4.78, 5) is 31.6. The Kier molecular flexibility index (Phi) is 8.19. The zero-order chi connectivity index (χ0) is 29.9. The Morgan fingerprint density at radius 1 is 1.12 bits per heavy atom. The minimum Gasteiger partial charge on any atom is -0.496 e. The molecule has 4 aromatic rings. The Morgan fingerprint density at radius 3 is 2.44 bits per heavy atom. The molecule has 13 heteroatoms. The fourth-order valence-electron chi connectivity index (χ4n) is 4.29. The summed E-state index contributed by atoms with van der Waals surface area (Å²) >= 11 is 0. The molecule has 0 saturated carbocycles. The molecule has 9 nitrogen and oxygen atoms in total. The Morgan fingerprint density at radius 2 is 1.83 bits per heavy atom. The van der Waals surface area contributed by atoms with Gasteiger partial charge >= 0.3 is 6.18 Å². The van der Waals surface area contributed by atoms with Gasteiger partial charge in [0.15, 0.2) is 0 Å². The third-order valence-corrected chi connectivity index (χ3v) is 6.31. The minimum absolute atomic E-state index is 0.0515. The predicted molar refractivity (Wildman–Crippen MR) is 141 cm³/mol. The molecule has 0 saturated heterocycles. The molecule has 0 aliphatic rings. The molecule has 1 atom stereocenters. The van der Waals surface area contributed by atoms with E-state index in [9.17, 15) is 32.3 Å². The lowest BCUT2D eigenvalue weighted by atomic mass is 9.93. The fourth-order valence-corrected chi connectivity index (χ4v) is 4.29. The Balaban J connectivity index is 1.79. The van der Waals surface area contributed by atoms with Gasteiger partial charge in [0.2, 0.25) is 11.5 Å². The zero-order valence-corrected chi connectivity index (χ0v) is 21.9. The van der Waals surface area contributed by atoms with E-state index in [2.05, 4.69) is 15.3 Å². The second-order valence-corrected chi connectivity index (χ2v) is 9.07. The molecule has 41 heavy (non-hydrogen) atoms. The van der Waals surface area contributed by atoms with E-state index in [-0.39, 0.29) is 34.9 Å². The maximum absolute atomic E-state index is 14.5. The van der Waals surface area contributed by atoms with Crippen molar-refractivity contribution in [2.75, 3.05) is 20.3 Å². The highest BCUT2D eigenvalue weighted by molar-refractivity contribution is 5.99. The summed E-state index contributed by atoms with van der Waals surface area (Å²) in [6.45, 7) is 0.329. The molecular formula is C28H26F4N4O5. The van der Waals surface area contributed by atoms with Gasteiger partial charge in [0.05, 0.1) is 32.4 Å². The van der Waals surface area contributed by atoms with E-state index in [1.165, 1.54) is 25.3 Å². The molecule has 4 rings (SSSR count). The number of halogens is 4. The van der Waals surface area contributed by atoms with Gasteiger partial charge in [-0.25, -0.2) is 9.37 Å². The van der Waals surface area contributed by atoms with E-state index in [4.69, 9.17) is 15.2 Å². The van der Waals surface area contributed by atoms with Gasteiger partial charge in [-0.1, -0.05) is 6.07 Å². The Hall–Kier alpha value is -4.65. The second-order valence-electron chi connectivity index (χ2n) is 9.07. The van der Waals surface area contributed by atoms with Crippen LogP contribution < -0.4 is 20.5 Å². The second kappa shape index (κ2) is 11.5. The summed E-state index contributed by atoms with van der Waals surface area (Å²) in [5.74, 6) is -2.04. The minimum atomic E-state index is -5.34. The van der Waals surface area contributed by atoms with Gasteiger partial charge in [-0.2, -0.15) is 13.2 Å². The van der Waals surface area contributed by atoms with Crippen molar-refractivity contribution >= 4 is 22.7 Å². The van der Waals surface area contributed by atoms with Crippen LogP contribution in [-0.2, 0) is 16.8 Å². The molecule has 2 aromatic heterocycles. The molecule has 0 unspecified atom stereocenters. The van der Waals surface area contributed by atoms with Gasteiger partial charge < -0.3 is 30.6 Å². The number of benzene rings is 2. The molecule has 216 valence electrons. The van der Waals surface area contributed by atoms with Crippen molar-refractivity contribution in [3.8, 4) is 22.8 Å². The standard InChI is InChI=1S/C28H26F4N4O5/c1-3-41-25-16(12-23(33)37)11-22(36-24(25)15-7-9-17(29)10-8-15)27(39,28(30,31)32)14-34-26(38)20-13-18-19(35-20)5-4-6-21(18)40-2/h4-11,13,35,39H,3,12,14H2,1-2H3,(H2,33,37)(H,34,38)/t27-/m0/s1. The van der Waals surface area contributed by atoms with Crippen molar-refractivity contribution in [2.45, 2.75) is 25.1 Å². The number of ether oxygens (including phenoxy) is 2. The first-order valence-corrected chi connectivity index (χ1v) is 12.3. The van der Waals surface area contributed by atoms with Crippen LogP contribution in [0.2, 0.25) is 0 Å². The van der Waals surface area contributed by atoms with Crippen LogP contribution >= 0.6 is 0 Å². The molecule has 5 N–H and O–H groups in total. The maximum atomic E-state index is 14.5. The van der Waals surface area contributed by atoms with Gasteiger partial charge in [0, 0.05) is 22.0 Å². The number of pyridine rings is 1. The van der Waals surface area contributed by atoms with Crippen LogP contribution in [-0.4, -0.2) is 53.3 Å².